The Hall–Kier alpha value is -1.16. The standard InChI is InChI=1S/C14H20O3S/c1-3-16-13-8-5-7-12(11-15)14(13)17-9-6-10-18-4-2/h5,7-8,11H,3-4,6,9-10H2,1-2H3. The van der Waals surface area contributed by atoms with Gasteiger partial charge in [0.15, 0.2) is 17.8 Å². The average molecular weight is 268 g/mol. The van der Waals surface area contributed by atoms with Crippen molar-refractivity contribution in [2.75, 3.05) is 24.7 Å². The van der Waals surface area contributed by atoms with Crippen molar-refractivity contribution in [3.8, 4) is 11.5 Å². The SMILES string of the molecule is CCOc1cccc(C=O)c1OCCCSCC. The molecule has 0 aromatic heterocycles. The molecule has 4 heteroatoms. The molecule has 0 aliphatic heterocycles. The van der Waals surface area contributed by atoms with Crippen molar-refractivity contribution in [1.29, 1.82) is 0 Å². The largest absolute Gasteiger partial charge is 0.490 e. The van der Waals surface area contributed by atoms with E-state index >= 15 is 0 Å². The van der Waals surface area contributed by atoms with Gasteiger partial charge in [-0.2, -0.15) is 11.8 Å². The topological polar surface area (TPSA) is 35.5 Å². The zero-order chi connectivity index (χ0) is 13.2. The van der Waals surface area contributed by atoms with Crippen LogP contribution in [0.1, 0.15) is 30.6 Å². The van der Waals surface area contributed by atoms with Gasteiger partial charge in [-0.3, -0.25) is 4.79 Å². The van der Waals surface area contributed by atoms with Crippen LogP contribution in [-0.2, 0) is 0 Å². The summed E-state index contributed by atoms with van der Waals surface area (Å²) in [5.41, 5.74) is 0.545. The molecule has 0 heterocycles. The van der Waals surface area contributed by atoms with Gasteiger partial charge in [0.05, 0.1) is 18.8 Å². The number of aldehydes is 1. The Labute approximate surface area is 113 Å². The van der Waals surface area contributed by atoms with Gasteiger partial charge in [0, 0.05) is 0 Å². The van der Waals surface area contributed by atoms with Gasteiger partial charge in [0.1, 0.15) is 0 Å². The van der Waals surface area contributed by atoms with E-state index in [1.165, 1.54) is 0 Å². The van der Waals surface area contributed by atoms with E-state index < -0.39 is 0 Å². The zero-order valence-corrected chi connectivity index (χ0v) is 11.8. The Kier molecular flexibility index (Phi) is 7.34. The van der Waals surface area contributed by atoms with Crippen LogP contribution < -0.4 is 9.47 Å². The highest BCUT2D eigenvalue weighted by Crippen LogP contribution is 2.30. The van der Waals surface area contributed by atoms with Gasteiger partial charge in [-0.1, -0.05) is 13.0 Å². The Bertz CT molecular complexity index is 366. The molecule has 0 saturated heterocycles. The number of carbonyl (C=O) groups is 1. The van der Waals surface area contributed by atoms with E-state index in [-0.39, 0.29) is 0 Å². The van der Waals surface area contributed by atoms with Crippen molar-refractivity contribution in [1.82, 2.24) is 0 Å². The molecule has 0 fully saturated rings. The van der Waals surface area contributed by atoms with E-state index in [4.69, 9.17) is 9.47 Å². The lowest BCUT2D eigenvalue weighted by Gasteiger charge is -2.13. The van der Waals surface area contributed by atoms with E-state index in [1.807, 2.05) is 24.8 Å². The van der Waals surface area contributed by atoms with Gasteiger partial charge in [0.2, 0.25) is 0 Å². The molecule has 3 nitrogen and oxygen atoms in total. The molecule has 0 atom stereocenters. The number of hydrogen-bond donors (Lipinski definition) is 0. The molecule has 0 bridgehead atoms. The molecule has 1 aromatic rings. The normalized spacial score (nSPS) is 10.1. The second-order valence-electron chi connectivity index (χ2n) is 3.62. The molecule has 18 heavy (non-hydrogen) atoms. The summed E-state index contributed by atoms with van der Waals surface area (Å²) in [5.74, 6) is 3.40. The molecule has 1 rings (SSSR count). The highest BCUT2D eigenvalue weighted by Gasteiger charge is 2.10. The number of ether oxygens (including phenoxy) is 2. The molecule has 0 N–H and O–H groups in total. The molecule has 0 radical (unpaired) electrons. The maximum Gasteiger partial charge on any atom is 0.171 e. The highest BCUT2D eigenvalue weighted by molar-refractivity contribution is 7.99. The Morgan fingerprint density at radius 3 is 2.78 bits per heavy atom. The van der Waals surface area contributed by atoms with Crippen molar-refractivity contribution in [2.24, 2.45) is 0 Å². The second-order valence-corrected chi connectivity index (χ2v) is 5.02. The van der Waals surface area contributed by atoms with Crippen LogP contribution in [0, 0.1) is 0 Å². The van der Waals surface area contributed by atoms with Crippen molar-refractivity contribution in [3.63, 3.8) is 0 Å². The highest BCUT2D eigenvalue weighted by atomic mass is 32.2. The number of hydrogen-bond acceptors (Lipinski definition) is 4. The first kappa shape index (κ1) is 14.9. The van der Waals surface area contributed by atoms with Gasteiger partial charge in [0.25, 0.3) is 0 Å². The fourth-order valence-electron chi connectivity index (χ4n) is 1.53. The maximum absolute atomic E-state index is 11.0. The molecule has 0 aliphatic carbocycles. The van der Waals surface area contributed by atoms with Gasteiger partial charge < -0.3 is 9.47 Å². The number of carbonyl (C=O) groups excluding carboxylic acids is 1. The van der Waals surface area contributed by atoms with E-state index in [1.54, 1.807) is 12.1 Å². The minimum Gasteiger partial charge on any atom is -0.490 e. The quantitative estimate of drug-likeness (QED) is 0.508. The van der Waals surface area contributed by atoms with Gasteiger partial charge >= 0.3 is 0 Å². The molecule has 0 spiro atoms. The first-order valence-electron chi connectivity index (χ1n) is 6.25. The smallest absolute Gasteiger partial charge is 0.171 e. The first-order valence-corrected chi connectivity index (χ1v) is 7.40. The summed E-state index contributed by atoms with van der Waals surface area (Å²) in [5, 5.41) is 0. The van der Waals surface area contributed by atoms with Crippen molar-refractivity contribution in [2.45, 2.75) is 20.3 Å². The lowest BCUT2D eigenvalue weighted by molar-refractivity contribution is 0.111. The van der Waals surface area contributed by atoms with Crippen LogP contribution >= 0.6 is 11.8 Å². The number of thioether (sulfide) groups is 1. The summed E-state index contributed by atoms with van der Waals surface area (Å²) in [6, 6.07) is 5.37. The maximum atomic E-state index is 11.0. The van der Waals surface area contributed by atoms with E-state index in [2.05, 4.69) is 6.92 Å². The molecule has 1 aromatic carbocycles. The number of para-hydroxylation sites is 1. The fraction of sp³-hybridized carbons (Fsp3) is 0.500. The van der Waals surface area contributed by atoms with Crippen LogP contribution in [0.3, 0.4) is 0 Å². The van der Waals surface area contributed by atoms with Crippen LogP contribution in [0.2, 0.25) is 0 Å². The molecular weight excluding hydrogens is 248 g/mol. The van der Waals surface area contributed by atoms with Gasteiger partial charge in [-0.05, 0) is 37.0 Å². The minimum absolute atomic E-state index is 0.545. The predicted octanol–water partition coefficient (Wildman–Crippen LogP) is 3.42. The van der Waals surface area contributed by atoms with Crippen molar-refractivity contribution in [3.05, 3.63) is 23.8 Å². The lowest BCUT2D eigenvalue weighted by atomic mass is 10.2. The molecular formula is C14H20O3S. The monoisotopic (exact) mass is 268 g/mol. The summed E-state index contributed by atoms with van der Waals surface area (Å²) in [6.45, 7) is 5.22. The van der Waals surface area contributed by atoms with Gasteiger partial charge in [-0.25, -0.2) is 0 Å². The van der Waals surface area contributed by atoms with Crippen LogP contribution in [0.4, 0.5) is 0 Å². The third-order valence-corrected chi connectivity index (χ3v) is 3.31. The number of rotatable bonds is 9. The van der Waals surface area contributed by atoms with E-state index in [0.29, 0.717) is 30.3 Å². The van der Waals surface area contributed by atoms with Crippen LogP contribution in [0.25, 0.3) is 0 Å². The van der Waals surface area contributed by atoms with Crippen LogP contribution in [-0.4, -0.2) is 31.0 Å². The minimum atomic E-state index is 0.545. The third-order valence-electron chi connectivity index (χ3n) is 2.32. The van der Waals surface area contributed by atoms with Crippen molar-refractivity contribution < 1.29 is 14.3 Å². The Morgan fingerprint density at radius 1 is 1.28 bits per heavy atom. The van der Waals surface area contributed by atoms with Crippen LogP contribution in [0.15, 0.2) is 18.2 Å². The van der Waals surface area contributed by atoms with Crippen LogP contribution in [0.5, 0.6) is 11.5 Å². The van der Waals surface area contributed by atoms with Gasteiger partial charge in [-0.15, -0.1) is 0 Å². The van der Waals surface area contributed by atoms with Crippen molar-refractivity contribution >= 4 is 18.0 Å². The Morgan fingerprint density at radius 2 is 2.11 bits per heavy atom. The zero-order valence-electron chi connectivity index (χ0n) is 11.0. The number of benzene rings is 1. The predicted molar refractivity (Wildman–Crippen MR) is 76.1 cm³/mol. The molecule has 100 valence electrons. The third kappa shape index (κ3) is 4.61. The summed E-state index contributed by atoms with van der Waals surface area (Å²) in [6.07, 6.45) is 1.77. The summed E-state index contributed by atoms with van der Waals surface area (Å²) in [7, 11) is 0. The molecule has 0 amide bonds. The van der Waals surface area contributed by atoms with E-state index in [9.17, 15) is 4.79 Å². The lowest BCUT2D eigenvalue weighted by Crippen LogP contribution is -2.04. The molecule has 0 unspecified atom stereocenters. The van der Waals surface area contributed by atoms with E-state index in [0.717, 1.165) is 24.2 Å². The molecule has 0 aliphatic rings. The summed E-state index contributed by atoms with van der Waals surface area (Å²) >= 11 is 1.89. The first-order chi connectivity index (χ1) is 8.83. The summed E-state index contributed by atoms with van der Waals surface area (Å²) in [4.78, 5) is 11.0. The molecule has 0 saturated carbocycles. The fourth-order valence-corrected chi connectivity index (χ4v) is 2.14. The summed E-state index contributed by atoms with van der Waals surface area (Å²) < 4.78 is 11.2. The Balaban J connectivity index is 2.62. The average Bonchev–Trinajstić information content (AvgIpc) is 2.40. The second kappa shape index (κ2) is 8.86.